The van der Waals surface area contributed by atoms with Crippen LogP contribution < -0.4 is 5.32 Å². The Morgan fingerprint density at radius 3 is 2.72 bits per heavy atom. The quantitative estimate of drug-likeness (QED) is 0.899. The van der Waals surface area contributed by atoms with Crippen molar-refractivity contribution >= 4 is 23.2 Å². The number of benzene rings is 1. The molecule has 0 bridgehead atoms. The van der Waals surface area contributed by atoms with Crippen LogP contribution in [0.1, 0.15) is 12.0 Å². The summed E-state index contributed by atoms with van der Waals surface area (Å²) >= 11 is 5.87. The molecular formula is C14H15ClN2O. The Hall–Kier alpha value is -1.74. The molecule has 94 valence electrons. The number of hydrogen-bond acceptors (Lipinski definition) is 1. The summed E-state index contributed by atoms with van der Waals surface area (Å²) in [6.07, 6.45) is 4.35. The van der Waals surface area contributed by atoms with Crippen molar-refractivity contribution in [1.29, 1.82) is 0 Å². The number of anilines is 1. The molecule has 0 aliphatic heterocycles. The van der Waals surface area contributed by atoms with Crippen LogP contribution in [-0.4, -0.2) is 10.5 Å². The largest absolute Gasteiger partial charge is 0.354 e. The van der Waals surface area contributed by atoms with E-state index in [1.54, 1.807) is 6.07 Å². The Morgan fingerprint density at radius 1 is 1.33 bits per heavy atom. The third-order valence-corrected chi connectivity index (χ3v) is 2.96. The van der Waals surface area contributed by atoms with Crippen LogP contribution in [0.5, 0.6) is 0 Å². The molecule has 1 amide bonds. The van der Waals surface area contributed by atoms with Gasteiger partial charge in [0.05, 0.1) is 0 Å². The number of aromatic nitrogens is 1. The van der Waals surface area contributed by atoms with Gasteiger partial charge >= 0.3 is 0 Å². The van der Waals surface area contributed by atoms with Crippen LogP contribution in [0.25, 0.3) is 0 Å². The first kappa shape index (κ1) is 12.7. The lowest BCUT2D eigenvalue weighted by Crippen LogP contribution is -2.14. The van der Waals surface area contributed by atoms with E-state index in [9.17, 15) is 4.79 Å². The summed E-state index contributed by atoms with van der Waals surface area (Å²) in [6, 6.07) is 9.33. The van der Waals surface area contributed by atoms with E-state index >= 15 is 0 Å². The van der Waals surface area contributed by atoms with Gasteiger partial charge in [-0.15, -0.1) is 0 Å². The first-order valence-electron chi connectivity index (χ1n) is 5.82. The van der Waals surface area contributed by atoms with Crippen molar-refractivity contribution in [3.63, 3.8) is 0 Å². The number of hydrogen-bond donors (Lipinski definition) is 1. The SMILES string of the molecule is Cc1cc(Cl)ccc1NC(=O)CCn1cccc1. The molecular weight excluding hydrogens is 248 g/mol. The fourth-order valence-corrected chi connectivity index (χ4v) is 1.96. The number of rotatable bonds is 4. The Balaban J connectivity index is 1.91. The molecule has 18 heavy (non-hydrogen) atoms. The Kier molecular flexibility index (Phi) is 4.05. The molecule has 1 aromatic carbocycles. The Bertz CT molecular complexity index is 535. The summed E-state index contributed by atoms with van der Waals surface area (Å²) < 4.78 is 1.98. The zero-order valence-electron chi connectivity index (χ0n) is 10.2. The van der Waals surface area contributed by atoms with Gasteiger partial charge in [0.15, 0.2) is 0 Å². The van der Waals surface area contributed by atoms with E-state index in [0.717, 1.165) is 11.3 Å². The average molecular weight is 263 g/mol. The van der Waals surface area contributed by atoms with E-state index in [1.807, 2.05) is 48.1 Å². The van der Waals surface area contributed by atoms with E-state index in [2.05, 4.69) is 5.32 Å². The Labute approximate surface area is 111 Å². The third kappa shape index (κ3) is 3.37. The van der Waals surface area contributed by atoms with Crippen molar-refractivity contribution in [2.75, 3.05) is 5.32 Å². The van der Waals surface area contributed by atoms with Crippen LogP contribution in [0.15, 0.2) is 42.7 Å². The van der Waals surface area contributed by atoms with Gasteiger partial charge in [-0.05, 0) is 42.8 Å². The average Bonchev–Trinajstić information content (AvgIpc) is 2.83. The predicted octanol–water partition coefficient (Wildman–Crippen LogP) is 3.48. The molecule has 0 spiro atoms. The summed E-state index contributed by atoms with van der Waals surface area (Å²) in [7, 11) is 0. The van der Waals surface area contributed by atoms with Gasteiger partial charge in [0.25, 0.3) is 0 Å². The van der Waals surface area contributed by atoms with E-state index in [1.165, 1.54) is 0 Å². The second-order valence-corrected chi connectivity index (χ2v) is 4.61. The second-order valence-electron chi connectivity index (χ2n) is 4.18. The first-order chi connectivity index (χ1) is 8.65. The van der Waals surface area contributed by atoms with Gasteiger partial charge in [-0.25, -0.2) is 0 Å². The molecule has 2 rings (SSSR count). The maximum Gasteiger partial charge on any atom is 0.226 e. The summed E-state index contributed by atoms with van der Waals surface area (Å²) in [5, 5.41) is 3.57. The van der Waals surface area contributed by atoms with E-state index in [0.29, 0.717) is 18.0 Å². The topological polar surface area (TPSA) is 34.0 Å². The highest BCUT2D eigenvalue weighted by molar-refractivity contribution is 6.30. The summed E-state index contributed by atoms with van der Waals surface area (Å²) in [5.74, 6) is 0.00845. The number of halogens is 1. The van der Waals surface area contributed by atoms with Crippen molar-refractivity contribution < 1.29 is 4.79 Å². The number of carbonyl (C=O) groups is 1. The first-order valence-corrected chi connectivity index (χ1v) is 6.20. The standard InChI is InChI=1S/C14H15ClN2O/c1-11-10-12(15)4-5-13(11)16-14(18)6-9-17-7-2-3-8-17/h2-5,7-8,10H,6,9H2,1H3,(H,16,18). The maximum atomic E-state index is 11.8. The van der Waals surface area contributed by atoms with Crippen LogP contribution in [0.4, 0.5) is 5.69 Å². The van der Waals surface area contributed by atoms with Crippen molar-refractivity contribution in [3.05, 3.63) is 53.3 Å². The van der Waals surface area contributed by atoms with Gasteiger partial charge in [-0.2, -0.15) is 0 Å². The van der Waals surface area contributed by atoms with E-state index in [-0.39, 0.29) is 5.91 Å². The van der Waals surface area contributed by atoms with Gasteiger partial charge in [0.1, 0.15) is 0 Å². The lowest BCUT2D eigenvalue weighted by Gasteiger charge is -2.09. The molecule has 1 heterocycles. The highest BCUT2D eigenvalue weighted by Gasteiger charge is 2.05. The van der Waals surface area contributed by atoms with Crippen LogP contribution in [-0.2, 0) is 11.3 Å². The second kappa shape index (κ2) is 5.74. The molecule has 0 unspecified atom stereocenters. The van der Waals surface area contributed by atoms with Gasteiger partial charge in [0.2, 0.25) is 5.91 Å². The molecule has 0 fully saturated rings. The Morgan fingerprint density at radius 2 is 2.06 bits per heavy atom. The monoisotopic (exact) mass is 262 g/mol. The third-order valence-electron chi connectivity index (χ3n) is 2.73. The molecule has 4 heteroatoms. The molecule has 1 aromatic heterocycles. The van der Waals surface area contributed by atoms with Crippen molar-refractivity contribution in [2.45, 2.75) is 19.9 Å². The highest BCUT2D eigenvalue weighted by atomic mass is 35.5. The van der Waals surface area contributed by atoms with Crippen molar-refractivity contribution in [2.24, 2.45) is 0 Å². The van der Waals surface area contributed by atoms with Crippen LogP contribution in [0.3, 0.4) is 0 Å². The molecule has 0 aliphatic rings. The van der Waals surface area contributed by atoms with Crippen molar-refractivity contribution in [1.82, 2.24) is 4.57 Å². The minimum Gasteiger partial charge on any atom is -0.354 e. The van der Waals surface area contributed by atoms with Crippen LogP contribution in [0.2, 0.25) is 5.02 Å². The van der Waals surface area contributed by atoms with E-state index in [4.69, 9.17) is 11.6 Å². The number of carbonyl (C=O) groups excluding carboxylic acids is 1. The molecule has 3 nitrogen and oxygen atoms in total. The number of nitrogens with one attached hydrogen (secondary N) is 1. The molecule has 0 saturated carbocycles. The van der Waals surface area contributed by atoms with E-state index < -0.39 is 0 Å². The summed E-state index contributed by atoms with van der Waals surface area (Å²) in [5.41, 5.74) is 1.79. The van der Waals surface area contributed by atoms with Gasteiger partial charge in [-0.3, -0.25) is 4.79 Å². The fraction of sp³-hybridized carbons (Fsp3) is 0.214. The molecule has 0 atom stereocenters. The summed E-state index contributed by atoms with van der Waals surface area (Å²) in [4.78, 5) is 11.8. The summed E-state index contributed by atoms with van der Waals surface area (Å²) in [6.45, 7) is 2.61. The number of amides is 1. The maximum absolute atomic E-state index is 11.8. The predicted molar refractivity (Wildman–Crippen MR) is 73.9 cm³/mol. The minimum absolute atomic E-state index is 0.00845. The molecule has 1 N–H and O–H groups in total. The zero-order chi connectivity index (χ0) is 13.0. The molecule has 0 radical (unpaired) electrons. The highest BCUT2D eigenvalue weighted by Crippen LogP contribution is 2.19. The fourth-order valence-electron chi connectivity index (χ4n) is 1.73. The molecule has 0 aliphatic carbocycles. The lowest BCUT2D eigenvalue weighted by atomic mass is 10.2. The zero-order valence-corrected chi connectivity index (χ0v) is 10.9. The number of nitrogens with zero attached hydrogens (tertiary/aromatic N) is 1. The normalized spacial score (nSPS) is 10.3. The molecule has 2 aromatic rings. The smallest absolute Gasteiger partial charge is 0.226 e. The molecule has 0 saturated heterocycles. The van der Waals surface area contributed by atoms with Gasteiger partial charge in [-0.1, -0.05) is 11.6 Å². The minimum atomic E-state index is 0.00845. The van der Waals surface area contributed by atoms with Gasteiger partial charge < -0.3 is 9.88 Å². The van der Waals surface area contributed by atoms with Crippen LogP contribution in [0, 0.1) is 6.92 Å². The van der Waals surface area contributed by atoms with Crippen molar-refractivity contribution in [3.8, 4) is 0 Å². The van der Waals surface area contributed by atoms with Gasteiger partial charge in [0, 0.05) is 36.1 Å². The van der Waals surface area contributed by atoms with Crippen LogP contribution >= 0.6 is 11.6 Å². The lowest BCUT2D eigenvalue weighted by molar-refractivity contribution is -0.116. The number of aryl methyl sites for hydroxylation is 2.